The molecule has 2 heterocycles. The minimum atomic E-state index is 0.775. The zero-order valence-electron chi connectivity index (χ0n) is 7.86. The van der Waals surface area contributed by atoms with E-state index in [9.17, 15) is 0 Å². The van der Waals surface area contributed by atoms with Crippen molar-refractivity contribution >= 4 is 11.8 Å². The molecule has 1 atom stereocenters. The first-order valence-corrected chi connectivity index (χ1v) is 5.70. The molecule has 1 aliphatic rings. The zero-order chi connectivity index (χ0) is 9.10. The fraction of sp³-hybridized carbons (Fsp3) is 0.667. The fourth-order valence-electron chi connectivity index (χ4n) is 1.65. The Bertz CT molecular complexity index is 247. The molecule has 13 heavy (non-hydrogen) atoms. The molecule has 1 aliphatic heterocycles. The van der Waals surface area contributed by atoms with Crippen LogP contribution in [0, 0.1) is 0 Å². The van der Waals surface area contributed by atoms with E-state index in [4.69, 9.17) is 0 Å². The fourth-order valence-corrected chi connectivity index (χ4v) is 2.73. The van der Waals surface area contributed by atoms with Gasteiger partial charge in [-0.2, -0.15) is 11.8 Å². The summed E-state index contributed by atoms with van der Waals surface area (Å²) in [4.78, 5) is 9.64. The summed E-state index contributed by atoms with van der Waals surface area (Å²) < 4.78 is 0. The quantitative estimate of drug-likeness (QED) is 0.776. The summed E-state index contributed by atoms with van der Waals surface area (Å²) >= 11 is 2.07. The van der Waals surface area contributed by atoms with Crippen molar-refractivity contribution in [3.63, 3.8) is 0 Å². The number of H-pyrrole nitrogens is 1. The third kappa shape index (κ3) is 2.48. The number of hydrogen-bond donors (Lipinski definition) is 1. The summed E-state index contributed by atoms with van der Waals surface area (Å²) in [6.45, 7) is 5.71. The zero-order valence-corrected chi connectivity index (χ0v) is 8.68. The van der Waals surface area contributed by atoms with Crippen LogP contribution in [-0.2, 0) is 6.54 Å². The van der Waals surface area contributed by atoms with Crippen LogP contribution in [0.3, 0.4) is 0 Å². The average molecular weight is 197 g/mol. The van der Waals surface area contributed by atoms with Gasteiger partial charge >= 0.3 is 0 Å². The molecule has 72 valence electrons. The lowest BCUT2D eigenvalue weighted by molar-refractivity contribution is 0.275. The normalized spacial score (nSPS) is 24.8. The topological polar surface area (TPSA) is 31.9 Å². The Labute approximate surface area is 82.9 Å². The first-order valence-electron chi connectivity index (χ1n) is 4.66. The van der Waals surface area contributed by atoms with E-state index in [-0.39, 0.29) is 0 Å². The first kappa shape index (κ1) is 9.09. The maximum Gasteiger partial charge on any atom is 0.0922 e. The molecule has 0 spiro atoms. The van der Waals surface area contributed by atoms with Gasteiger partial charge in [-0.05, 0) is 0 Å². The average Bonchev–Trinajstić information content (AvgIpc) is 2.57. The monoisotopic (exact) mass is 197 g/mol. The second-order valence-corrected chi connectivity index (χ2v) is 5.04. The van der Waals surface area contributed by atoms with Gasteiger partial charge in [-0.15, -0.1) is 0 Å². The second-order valence-electron chi connectivity index (χ2n) is 3.49. The van der Waals surface area contributed by atoms with Crippen molar-refractivity contribution in [3.8, 4) is 0 Å². The molecular formula is C9H15N3S. The molecule has 1 aromatic rings. The van der Waals surface area contributed by atoms with Crippen molar-refractivity contribution in [2.24, 2.45) is 0 Å². The molecule has 1 aromatic heterocycles. The lowest BCUT2D eigenvalue weighted by Gasteiger charge is -2.29. The predicted octanol–water partition coefficient (Wildman–Crippen LogP) is 1.35. The Morgan fingerprint density at radius 3 is 3.38 bits per heavy atom. The third-order valence-electron chi connectivity index (χ3n) is 2.27. The summed E-state index contributed by atoms with van der Waals surface area (Å²) in [6, 6.07) is 0. The molecule has 0 radical (unpaired) electrons. The Morgan fingerprint density at radius 1 is 1.77 bits per heavy atom. The molecule has 1 unspecified atom stereocenters. The summed E-state index contributed by atoms with van der Waals surface area (Å²) in [6.07, 6.45) is 3.66. The SMILES string of the molecule is CC1CN(Cc2cnc[nH]2)CCS1. The minimum Gasteiger partial charge on any atom is -0.347 e. The minimum absolute atomic E-state index is 0.775. The molecule has 0 bridgehead atoms. The van der Waals surface area contributed by atoms with Crippen molar-refractivity contribution in [1.29, 1.82) is 0 Å². The van der Waals surface area contributed by atoms with Crippen LogP contribution in [0.5, 0.6) is 0 Å². The number of nitrogens with one attached hydrogen (secondary N) is 1. The van der Waals surface area contributed by atoms with Gasteiger partial charge in [0.05, 0.1) is 6.33 Å². The van der Waals surface area contributed by atoms with Crippen molar-refractivity contribution in [2.75, 3.05) is 18.8 Å². The van der Waals surface area contributed by atoms with Crippen LogP contribution in [0.4, 0.5) is 0 Å². The van der Waals surface area contributed by atoms with Crippen molar-refractivity contribution in [1.82, 2.24) is 14.9 Å². The van der Waals surface area contributed by atoms with Gasteiger partial charge in [0.1, 0.15) is 0 Å². The van der Waals surface area contributed by atoms with Gasteiger partial charge in [-0.3, -0.25) is 4.90 Å². The highest BCUT2D eigenvalue weighted by Crippen LogP contribution is 2.18. The molecule has 0 aromatic carbocycles. The molecule has 1 fully saturated rings. The van der Waals surface area contributed by atoms with Crippen LogP contribution < -0.4 is 0 Å². The van der Waals surface area contributed by atoms with Crippen LogP contribution >= 0.6 is 11.8 Å². The number of imidazole rings is 1. The van der Waals surface area contributed by atoms with E-state index >= 15 is 0 Å². The van der Waals surface area contributed by atoms with Gasteiger partial charge in [0.2, 0.25) is 0 Å². The Balaban J connectivity index is 1.87. The molecule has 1 saturated heterocycles. The summed E-state index contributed by atoms with van der Waals surface area (Å²) in [5.41, 5.74) is 1.22. The lowest BCUT2D eigenvalue weighted by atomic mass is 10.3. The van der Waals surface area contributed by atoms with E-state index in [1.165, 1.54) is 24.5 Å². The van der Waals surface area contributed by atoms with Crippen LogP contribution in [0.25, 0.3) is 0 Å². The Kier molecular flexibility index (Phi) is 2.90. The first-order chi connectivity index (χ1) is 6.34. The Morgan fingerprint density at radius 2 is 2.69 bits per heavy atom. The summed E-state index contributed by atoms with van der Waals surface area (Å²) in [7, 11) is 0. The van der Waals surface area contributed by atoms with E-state index in [0.717, 1.165) is 11.8 Å². The number of hydrogen-bond acceptors (Lipinski definition) is 3. The molecule has 0 saturated carbocycles. The third-order valence-corrected chi connectivity index (χ3v) is 3.41. The van der Waals surface area contributed by atoms with Crippen LogP contribution in [0.15, 0.2) is 12.5 Å². The second kappa shape index (κ2) is 4.15. The van der Waals surface area contributed by atoms with Gasteiger partial charge in [-0.1, -0.05) is 6.92 Å². The van der Waals surface area contributed by atoms with E-state index in [2.05, 4.69) is 33.6 Å². The summed E-state index contributed by atoms with van der Waals surface area (Å²) in [5, 5.41) is 0.775. The highest BCUT2D eigenvalue weighted by molar-refractivity contribution is 7.99. The van der Waals surface area contributed by atoms with E-state index in [0.29, 0.717) is 0 Å². The molecular weight excluding hydrogens is 182 g/mol. The van der Waals surface area contributed by atoms with Gasteiger partial charge in [-0.25, -0.2) is 4.98 Å². The molecule has 0 aliphatic carbocycles. The van der Waals surface area contributed by atoms with Gasteiger partial charge in [0.25, 0.3) is 0 Å². The number of aromatic amines is 1. The lowest BCUT2D eigenvalue weighted by Crippen LogP contribution is -2.36. The largest absolute Gasteiger partial charge is 0.347 e. The van der Waals surface area contributed by atoms with Gasteiger partial charge < -0.3 is 4.98 Å². The number of nitrogens with zero attached hydrogens (tertiary/aromatic N) is 2. The van der Waals surface area contributed by atoms with Crippen LogP contribution in [0.1, 0.15) is 12.6 Å². The van der Waals surface area contributed by atoms with Crippen LogP contribution in [0.2, 0.25) is 0 Å². The van der Waals surface area contributed by atoms with Crippen molar-refractivity contribution in [3.05, 3.63) is 18.2 Å². The molecule has 2 rings (SSSR count). The van der Waals surface area contributed by atoms with Gasteiger partial charge in [0, 0.05) is 42.5 Å². The van der Waals surface area contributed by atoms with Gasteiger partial charge in [0.15, 0.2) is 0 Å². The van der Waals surface area contributed by atoms with Crippen molar-refractivity contribution < 1.29 is 0 Å². The van der Waals surface area contributed by atoms with E-state index in [1.54, 1.807) is 6.33 Å². The standard InChI is InChI=1S/C9H15N3S/c1-8-5-12(2-3-13-8)6-9-4-10-7-11-9/h4,7-8H,2-3,5-6H2,1H3,(H,10,11). The smallest absolute Gasteiger partial charge is 0.0922 e. The van der Waals surface area contributed by atoms with Crippen LogP contribution in [-0.4, -0.2) is 39.0 Å². The van der Waals surface area contributed by atoms with Crippen molar-refractivity contribution in [2.45, 2.75) is 18.7 Å². The maximum atomic E-state index is 4.02. The number of rotatable bonds is 2. The number of thioether (sulfide) groups is 1. The molecule has 4 heteroatoms. The van der Waals surface area contributed by atoms with E-state index in [1.807, 2.05) is 6.20 Å². The van der Waals surface area contributed by atoms with E-state index < -0.39 is 0 Å². The Hall–Kier alpha value is -0.480. The molecule has 0 amide bonds. The maximum absolute atomic E-state index is 4.02. The molecule has 1 N–H and O–H groups in total. The molecule has 3 nitrogen and oxygen atoms in total. The predicted molar refractivity (Wildman–Crippen MR) is 55.8 cm³/mol. The summed E-state index contributed by atoms with van der Waals surface area (Å²) in [5.74, 6) is 1.26. The highest BCUT2D eigenvalue weighted by atomic mass is 32.2. The number of aromatic nitrogens is 2. The highest BCUT2D eigenvalue weighted by Gasteiger charge is 2.16.